The number of aromatic nitrogens is 2. The fourth-order valence-electron chi connectivity index (χ4n) is 4.05. The fraction of sp³-hybridized carbons (Fsp3) is 0.538. The molecule has 1 fully saturated rings. The third-order valence-corrected chi connectivity index (χ3v) is 9.84. The lowest BCUT2D eigenvalue weighted by Crippen LogP contribution is -2.33. The van der Waals surface area contributed by atoms with E-state index in [2.05, 4.69) is 15.3 Å². The monoisotopic (exact) mass is 628 g/mol. The molecule has 1 aliphatic heterocycles. The van der Waals surface area contributed by atoms with Crippen molar-refractivity contribution in [2.45, 2.75) is 67.0 Å². The fourth-order valence-corrected chi connectivity index (χ4v) is 7.17. The van der Waals surface area contributed by atoms with Crippen molar-refractivity contribution in [2.75, 3.05) is 30.3 Å². The number of amides is 2. The number of nitrogens with zero attached hydrogens (tertiary/aromatic N) is 3. The molecule has 10 nitrogen and oxygen atoms in total. The Bertz CT molecular complexity index is 1250. The standard InChI is InChI=1S/C26H36N4O6S4/c1-19-6-5-8-23(28-19)37-15-4-2-3-7-21(31)11-9-20-10-12-24(32)30(20)14-16-38-26-29-22(18-39-26)25(33)27-13-17-40(34,35)36/h5-6,8-9,11,18,20-21,31H,2-4,7,10,12-17H2,1H3,(H,27,33)(H,34,35,36)/b11-9+/t20-,21-/m0/s1. The highest BCUT2D eigenvalue weighted by Gasteiger charge is 2.28. The van der Waals surface area contributed by atoms with Crippen LogP contribution in [0.5, 0.6) is 0 Å². The van der Waals surface area contributed by atoms with Gasteiger partial charge in [-0.15, -0.1) is 23.1 Å². The van der Waals surface area contributed by atoms with E-state index in [9.17, 15) is 23.1 Å². The molecule has 14 heteroatoms. The summed E-state index contributed by atoms with van der Waals surface area (Å²) in [7, 11) is -4.14. The summed E-state index contributed by atoms with van der Waals surface area (Å²) in [6.45, 7) is 2.31. The molecule has 220 valence electrons. The van der Waals surface area contributed by atoms with Crippen LogP contribution in [0.4, 0.5) is 0 Å². The topological polar surface area (TPSA) is 150 Å². The number of nitrogens with one attached hydrogen (secondary N) is 1. The van der Waals surface area contributed by atoms with Crippen LogP contribution in [-0.4, -0.2) is 87.3 Å². The maximum atomic E-state index is 12.4. The molecule has 1 aliphatic rings. The predicted molar refractivity (Wildman–Crippen MR) is 160 cm³/mol. The summed E-state index contributed by atoms with van der Waals surface area (Å²) in [5, 5.41) is 15.4. The molecule has 40 heavy (non-hydrogen) atoms. The molecule has 0 unspecified atom stereocenters. The van der Waals surface area contributed by atoms with Gasteiger partial charge in [-0.3, -0.25) is 14.1 Å². The average Bonchev–Trinajstić information content (AvgIpc) is 3.51. The predicted octanol–water partition coefficient (Wildman–Crippen LogP) is 3.82. The summed E-state index contributed by atoms with van der Waals surface area (Å²) in [4.78, 5) is 35.1. The minimum atomic E-state index is -4.14. The Balaban J connectivity index is 1.33. The van der Waals surface area contributed by atoms with E-state index in [4.69, 9.17) is 4.55 Å². The number of pyridine rings is 1. The van der Waals surface area contributed by atoms with Crippen molar-refractivity contribution >= 4 is 56.8 Å². The van der Waals surface area contributed by atoms with Crippen LogP contribution in [0.25, 0.3) is 0 Å². The van der Waals surface area contributed by atoms with Crippen LogP contribution in [-0.2, 0) is 14.9 Å². The van der Waals surface area contributed by atoms with Crippen molar-refractivity contribution in [3.05, 3.63) is 47.1 Å². The molecule has 3 N–H and O–H groups in total. The Morgan fingerprint density at radius 1 is 1.25 bits per heavy atom. The number of thioether (sulfide) groups is 2. The molecule has 0 bridgehead atoms. The second kappa shape index (κ2) is 16.5. The normalized spacial score (nSPS) is 16.6. The number of hydrogen-bond acceptors (Lipinski definition) is 10. The Hall–Kier alpha value is -1.97. The summed E-state index contributed by atoms with van der Waals surface area (Å²) in [6.07, 6.45) is 8.16. The SMILES string of the molecule is Cc1cccc(SCCCCC[C@H](O)/C=C/[C@H]2CCC(=O)N2CCSc2nc(C(=O)NCCS(=O)(=O)O)cs2)n1. The van der Waals surface area contributed by atoms with Crippen LogP contribution in [0.15, 0.2) is 45.1 Å². The first-order chi connectivity index (χ1) is 19.1. The number of aliphatic hydroxyl groups is 1. The lowest BCUT2D eigenvalue weighted by Gasteiger charge is -2.22. The quantitative estimate of drug-likeness (QED) is 0.102. The van der Waals surface area contributed by atoms with Gasteiger partial charge in [0.25, 0.3) is 16.0 Å². The van der Waals surface area contributed by atoms with Gasteiger partial charge < -0.3 is 15.3 Å². The van der Waals surface area contributed by atoms with Crippen LogP contribution >= 0.6 is 34.9 Å². The van der Waals surface area contributed by atoms with Crippen molar-refractivity contribution in [1.29, 1.82) is 0 Å². The highest BCUT2D eigenvalue weighted by Crippen LogP contribution is 2.26. The number of unbranched alkanes of at least 4 members (excludes halogenated alkanes) is 2. The number of thiazole rings is 1. The molecule has 0 radical (unpaired) electrons. The van der Waals surface area contributed by atoms with E-state index in [1.165, 1.54) is 23.1 Å². The van der Waals surface area contributed by atoms with E-state index in [0.29, 0.717) is 29.5 Å². The first kappa shape index (κ1) is 32.5. The Labute approximate surface area is 248 Å². The Kier molecular flexibility index (Phi) is 13.4. The molecule has 2 atom stereocenters. The molecule has 2 amide bonds. The summed E-state index contributed by atoms with van der Waals surface area (Å²) >= 11 is 4.49. The van der Waals surface area contributed by atoms with Crippen LogP contribution in [0.3, 0.4) is 0 Å². The first-order valence-corrected chi connectivity index (χ1v) is 17.6. The number of carbonyl (C=O) groups excluding carboxylic acids is 2. The van der Waals surface area contributed by atoms with E-state index in [1.54, 1.807) is 17.1 Å². The highest BCUT2D eigenvalue weighted by molar-refractivity contribution is 8.01. The van der Waals surface area contributed by atoms with Gasteiger partial charge in [0.05, 0.1) is 22.9 Å². The largest absolute Gasteiger partial charge is 0.389 e. The molecular weight excluding hydrogens is 593 g/mol. The van der Waals surface area contributed by atoms with Gasteiger partial charge in [-0.05, 0) is 44.1 Å². The number of likely N-dealkylation sites (tertiary alicyclic amines) is 1. The zero-order valence-corrected chi connectivity index (χ0v) is 25.7. The van der Waals surface area contributed by atoms with Gasteiger partial charge in [0.1, 0.15) is 5.69 Å². The smallest absolute Gasteiger partial charge is 0.270 e. The van der Waals surface area contributed by atoms with E-state index in [-0.39, 0.29) is 24.2 Å². The van der Waals surface area contributed by atoms with Gasteiger partial charge in [-0.1, -0.05) is 42.8 Å². The van der Waals surface area contributed by atoms with Gasteiger partial charge in [0, 0.05) is 36.3 Å². The maximum absolute atomic E-state index is 12.4. The maximum Gasteiger partial charge on any atom is 0.270 e. The van der Waals surface area contributed by atoms with Crippen molar-refractivity contribution in [3.8, 4) is 0 Å². The number of aliphatic hydroxyl groups excluding tert-OH is 1. The van der Waals surface area contributed by atoms with Crippen LogP contribution < -0.4 is 5.32 Å². The second-order valence-electron chi connectivity index (χ2n) is 9.35. The molecule has 2 aromatic heterocycles. The number of carbonyl (C=O) groups is 2. The molecule has 1 saturated heterocycles. The van der Waals surface area contributed by atoms with E-state index >= 15 is 0 Å². The number of aryl methyl sites for hydroxylation is 1. The minimum absolute atomic E-state index is 0.0404. The van der Waals surface area contributed by atoms with Crippen LogP contribution in [0.1, 0.15) is 54.7 Å². The zero-order valence-electron chi connectivity index (χ0n) is 22.4. The van der Waals surface area contributed by atoms with Gasteiger partial charge in [-0.25, -0.2) is 9.97 Å². The van der Waals surface area contributed by atoms with Crippen molar-refractivity contribution in [3.63, 3.8) is 0 Å². The second-order valence-corrected chi connectivity index (χ2v) is 14.2. The highest BCUT2D eigenvalue weighted by atomic mass is 32.2. The lowest BCUT2D eigenvalue weighted by atomic mass is 10.1. The Morgan fingerprint density at radius 3 is 2.85 bits per heavy atom. The van der Waals surface area contributed by atoms with E-state index in [1.807, 2.05) is 42.2 Å². The van der Waals surface area contributed by atoms with Crippen LogP contribution in [0.2, 0.25) is 0 Å². The van der Waals surface area contributed by atoms with Gasteiger partial charge in [0.15, 0.2) is 4.34 Å². The average molecular weight is 629 g/mol. The lowest BCUT2D eigenvalue weighted by molar-refractivity contribution is -0.128. The van der Waals surface area contributed by atoms with Gasteiger partial charge in [-0.2, -0.15) is 8.42 Å². The summed E-state index contributed by atoms with van der Waals surface area (Å²) in [5.41, 5.74) is 1.20. The van der Waals surface area contributed by atoms with Crippen molar-refractivity contribution < 1.29 is 27.7 Å². The zero-order chi connectivity index (χ0) is 29.0. The molecule has 3 rings (SSSR count). The summed E-state index contributed by atoms with van der Waals surface area (Å²) < 4.78 is 30.9. The summed E-state index contributed by atoms with van der Waals surface area (Å²) in [5.74, 6) is 0.623. The number of rotatable bonds is 17. The molecule has 0 saturated carbocycles. The molecular formula is C26H36N4O6S4. The van der Waals surface area contributed by atoms with Gasteiger partial charge in [0.2, 0.25) is 5.91 Å². The third kappa shape index (κ3) is 11.9. The van der Waals surface area contributed by atoms with Crippen molar-refractivity contribution in [1.82, 2.24) is 20.2 Å². The van der Waals surface area contributed by atoms with Crippen LogP contribution in [0, 0.1) is 6.92 Å². The molecule has 3 heterocycles. The Morgan fingerprint density at radius 2 is 2.08 bits per heavy atom. The molecule has 0 aliphatic carbocycles. The van der Waals surface area contributed by atoms with E-state index in [0.717, 1.165) is 42.2 Å². The van der Waals surface area contributed by atoms with Gasteiger partial charge >= 0.3 is 0 Å². The third-order valence-electron chi connectivity index (χ3n) is 6.11. The molecule has 0 spiro atoms. The molecule has 0 aromatic carbocycles. The minimum Gasteiger partial charge on any atom is -0.389 e. The molecule has 2 aromatic rings. The van der Waals surface area contributed by atoms with E-state index < -0.39 is 27.9 Å². The van der Waals surface area contributed by atoms with Crippen molar-refractivity contribution in [2.24, 2.45) is 0 Å². The number of hydrogen-bond donors (Lipinski definition) is 3. The summed E-state index contributed by atoms with van der Waals surface area (Å²) in [6, 6.07) is 6.00. The first-order valence-electron chi connectivity index (χ1n) is 13.1.